The summed E-state index contributed by atoms with van der Waals surface area (Å²) in [6.07, 6.45) is 4.91. The Morgan fingerprint density at radius 1 is 1.12 bits per heavy atom. The minimum Gasteiger partial charge on any atom is -0.459 e. The fourth-order valence-electron chi connectivity index (χ4n) is 2.63. The Hall–Kier alpha value is -2.67. The lowest BCUT2D eigenvalue weighted by Gasteiger charge is -2.33. The average molecular weight is 328 g/mol. The molecule has 0 bridgehead atoms. The van der Waals surface area contributed by atoms with Crippen LogP contribution in [0.2, 0.25) is 0 Å². The lowest BCUT2D eigenvalue weighted by molar-refractivity contribution is -0.122. The third-order valence-corrected chi connectivity index (χ3v) is 4.00. The van der Waals surface area contributed by atoms with E-state index < -0.39 is 0 Å². The van der Waals surface area contributed by atoms with Gasteiger partial charge in [0.15, 0.2) is 5.76 Å². The summed E-state index contributed by atoms with van der Waals surface area (Å²) in [5.74, 6) is 0.248. The number of nitrogens with one attached hydrogen (secondary N) is 1. The van der Waals surface area contributed by atoms with E-state index in [-0.39, 0.29) is 11.8 Å². The summed E-state index contributed by atoms with van der Waals surface area (Å²) in [7, 11) is 0. The third-order valence-electron chi connectivity index (χ3n) is 4.00. The van der Waals surface area contributed by atoms with Crippen LogP contribution in [0.1, 0.15) is 16.1 Å². The molecule has 0 aliphatic carbocycles. The molecule has 1 aliphatic heterocycles. The zero-order chi connectivity index (χ0) is 16.8. The smallest absolute Gasteiger partial charge is 0.289 e. The van der Waals surface area contributed by atoms with Gasteiger partial charge in [0, 0.05) is 45.1 Å². The lowest BCUT2D eigenvalue weighted by Crippen LogP contribution is -2.51. The van der Waals surface area contributed by atoms with Crippen molar-refractivity contribution in [2.45, 2.75) is 6.54 Å². The molecule has 0 spiro atoms. The van der Waals surface area contributed by atoms with Crippen LogP contribution in [0.15, 0.2) is 47.3 Å². The van der Waals surface area contributed by atoms with Gasteiger partial charge in [-0.2, -0.15) is 0 Å². The van der Waals surface area contributed by atoms with Crippen molar-refractivity contribution in [3.05, 3.63) is 54.2 Å². The van der Waals surface area contributed by atoms with E-state index in [2.05, 4.69) is 10.3 Å². The van der Waals surface area contributed by atoms with Crippen LogP contribution in [0, 0.1) is 0 Å². The highest BCUT2D eigenvalue weighted by Crippen LogP contribution is 2.09. The van der Waals surface area contributed by atoms with Crippen molar-refractivity contribution in [3.63, 3.8) is 0 Å². The van der Waals surface area contributed by atoms with Crippen molar-refractivity contribution >= 4 is 11.8 Å². The monoisotopic (exact) mass is 328 g/mol. The second-order valence-electron chi connectivity index (χ2n) is 5.68. The highest BCUT2D eigenvalue weighted by atomic mass is 16.3. The molecular weight excluding hydrogens is 308 g/mol. The maximum absolute atomic E-state index is 12.2. The van der Waals surface area contributed by atoms with Crippen molar-refractivity contribution in [1.82, 2.24) is 20.1 Å². The molecule has 24 heavy (non-hydrogen) atoms. The molecule has 1 saturated heterocycles. The van der Waals surface area contributed by atoms with Gasteiger partial charge in [-0.25, -0.2) is 0 Å². The summed E-state index contributed by atoms with van der Waals surface area (Å²) in [5.41, 5.74) is 1.02. The van der Waals surface area contributed by atoms with Gasteiger partial charge in [-0.1, -0.05) is 0 Å². The predicted molar refractivity (Wildman–Crippen MR) is 87.1 cm³/mol. The number of rotatable bonds is 5. The molecule has 126 valence electrons. The molecule has 0 aromatic carbocycles. The maximum Gasteiger partial charge on any atom is 0.289 e. The summed E-state index contributed by atoms with van der Waals surface area (Å²) in [4.78, 5) is 32.0. The van der Waals surface area contributed by atoms with Gasteiger partial charge in [-0.05, 0) is 29.8 Å². The Balaban J connectivity index is 1.40. The van der Waals surface area contributed by atoms with Gasteiger partial charge in [0.1, 0.15) is 0 Å². The zero-order valence-electron chi connectivity index (χ0n) is 13.4. The summed E-state index contributed by atoms with van der Waals surface area (Å²) >= 11 is 0. The third kappa shape index (κ3) is 4.20. The molecule has 3 rings (SSSR count). The van der Waals surface area contributed by atoms with Gasteiger partial charge in [0.2, 0.25) is 5.91 Å². The number of furan rings is 1. The molecule has 0 saturated carbocycles. The van der Waals surface area contributed by atoms with Gasteiger partial charge in [0.05, 0.1) is 12.8 Å². The van der Waals surface area contributed by atoms with Gasteiger partial charge in [-0.15, -0.1) is 0 Å². The Bertz CT molecular complexity index is 664. The Labute approximate surface area is 140 Å². The number of pyridine rings is 1. The van der Waals surface area contributed by atoms with Crippen LogP contribution in [0.3, 0.4) is 0 Å². The number of amides is 2. The second kappa shape index (κ2) is 7.74. The molecule has 1 fully saturated rings. The van der Waals surface area contributed by atoms with E-state index in [1.54, 1.807) is 29.4 Å². The first-order chi connectivity index (χ1) is 11.7. The quantitative estimate of drug-likeness (QED) is 0.876. The van der Waals surface area contributed by atoms with E-state index in [4.69, 9.17) is 4.42 Å². The molecule has 2 aromatic heterocycles. The number of hydrogen-bond acceptors (Lipinski definition) is 5. The molecule has 3 heterocycles. The summed E-state index contributed by atoms with van der Waals surface area (Å²) in [5, 5.41) is 2.90. The molecule has 1 N–H and O–H groups in total. The van der Waals surface area contributed by atoms with Crippen LogP contribution in [0.25, 0.3) is 0 Å². The topological polar surface area (TPSA) is 78.7 Å². The van der Waals surface area contributed by atoms with Crippen LogP contribution < -0.4 is 5.32 Å². The average Bonchev–Trinajstić information content (AvgIpc) is 3.16. The SMILES string of the molecule is O=C(CN1CCN(C(=O)c2ccco2)CC1)NCc1ccncc1. The van der Waals surface area contributed by atoms with E-state index in [0.717, 1.165) is 5.56 Å². The second-order valence-corrected chi connectivity index (χ2v) is 5.68. The first-order valence-corrected chi connectivity index (χ1v) is 7.93. The molecule has 7 heteroatoms. The molecule has 0 radical (unpaired) electrons. The number of nitrogens with zero attached hydrogens (tertiary/aromatic N) is 3. The van der Waals surface area contributed by atoms with E-state index in [9.17, 15) is 9.59 Å². The van der Waals surface area contributed by atoms with E-state index >= 15 is 0 Å². The van der Waals surface area contributed by atoms with E-state index in [0.29, 0.717) is 45.0 Å². The number of piperazine rings is 1. The number of aromatic nitrogens is 1. The van der Waals surface area contributed by atoms with Crippen LogP contribution in [-0.4, -0.2) is 59.3 Å². The zero-order valence-corrected chi connectivity index (χ0v) is 13.4. The highest BCUT2D eigenvalue weighted by Gasteiger charge is 2.24. The predicted octanol–water partition coefficient (Wildman–Crippen LogP) is 0.749. The largest absolute Gasteiger partial charge is 0.459 e. The maximum atomic E-state index is 12.2. The van der Waals surface area contributed by atoms with Crippen molar-refractivity contribution in [2.75, 3.05) is 32.7 Å². The lowest BCUT2D eigenvalue weighted by atomic mass is 10.2. The van der Waals surface area contributed by atoms with Crippen LogP contribution >= 0.6 is 0 Å². The van der Waals surface area contributed by atoms with Crippen LogP contribution in [0.4, 0.5) is 0 Å². The van der Waals surface area contributed by atoms with E-state index in [1.807, 2.05) is 17.0 Å². The van der Waals surface area contributed by atoms with Crippen LogP contribution in [0.5, 0.6) is 0 Å². The Kier molecular flexibility index (Phi) is 5.22. The van der Waals surface area contributed by atoms with Gasteiger partial charge in [-0.3, -0.25) is 19.5 Å². The molecular formula is C17H20N4O3. The summed E-state index contributed by atoms with van der Waals surface area (Å²) in [6.45, 7) is 3.38. The fourth-order valence-corrected chi connectivity index (χ4v) is 2.63. The van der Waals surface area contributed by atoms with Crippen molar-refractivity contribution in [2.24, 2.45) is 0 Å². The van der Waals surface area contributed by atoms with Crippen molar-refractivity contribution in [1.29, 1.82) is 0 Å². The van der Waals surface area contributed by atoms with Crippen LogP contribution in [-0.2, 0) is 11.3 Å². The van der Waals surface area contributed by atoms with E-state index in [1.165, 1.54) is 6.26 Å². The molecule has 1 aliphatic rings. The van der Waals surface area contributed by atoms with Crippen molar-refractivity contribution in [3.8, 4) is 0 Å². The minimum atomic E-state index is -0.0956. The summed E-state index contributed by atoms with van der Waals surface area (Å²) < 4.78 is 5.14. The Morgan fingerprint density at radius 3 is 2.54 bits per heavy atom. The van der Waals surface area contributed by atoms with Gasteiger partial charge in [0.25, 0.3) is 5.91 Å². The highest BCUT2D eigenvalue weighted by molar-refractivity contribution is 5.91. The summed E-state index contributed by atoms with van der Waals surface area (Å²) in [6, 6.07) is 7.12. The minimum absolute atomic E-state index is 0.0161. The molecule has 0 atom stereocenters. The molecule has 7 nitrogen and oxygen atoms in total. The van der Waals surface area contributed by atoms with Gasteiger partial charge < -0.3 is 14.6 Å². The van der Waals surface area contributed by atoms with Gasteiger partial charge >= 0.3 is 0 Å². The number of hydrogen-bond donors (Lipinski definition) is 1. The molecule has 2 aromatic rings. The molecule has 0 unspecified atom stereocenters. The first kappa shape index (κ1) is 16.2. The number of carbonyl (C=O) groups is 2. The fraction of sp³-hybridized carbons (Fsp3) is 0.353. The first-order valence-electron chi connectivity index (χ1n) is 7.93. The molecule has 2 amide bonds. The Morgan fingerprint density at radius 2 is 1.88 bits per heavy atom. The van der Waals surface area contributed by atoms with Crippen molar-refractivity contribution < 1.29 is 14.0 Å². The standard InChI is InChI=1S/C17H20N4O3/c22-16(19-12-14-3-5-18-6-4-14)13-20-7-9-21(10-8-20)17(23)15-2-1-11-24-15/h1-6,11H,7-10,12-13H2,(H,19,22). The number of carbonyl (C=O) groups excluding carboxylic acids is 2. The normalized spacial score (nSPS) is 15.2.